The molecule has 3 N–H and O–H groups in total. The largest absolute Gasteiger partial charge is 0.433 e. The molecule has 11 heteroatoms. The standard InChI is InChI=1S/C25H21F3N6O2/c1-13-10-16(11-14(2)32-13)21-20(15-5-7-17(26)8-6-15)34-23(29)22(33-21)24(35)31-12-18-19(36-25(27)28)4-3-9-30-18/h3-11,25H,12H2,1-2H3,(H2,29,34)(H,31,35). The Hall–Kier alpha value is -4.54. The number of hydrogen-bond donors (Lipinski definition) is 2. The van der Waals surface area contributed by atoms with Crippen LogP contribution in [0.5, 0.6) is 5.75 Å². The maximum absolute atomic E-state index is 13.5. The van der Waals surface area contributed by atoms with Crippen molar-refractivity contribution in [3.63, 3.8) is 0 Å². The van der Waals surface area contributed by atoms with Gasteiger partial charge in [-0.15, -0.1) is 0 Å². The molecule has 4 aromatic rings. The molecule has 8 nitrogen and oxygen atoms in total. The molecule has 0 spiro atoms. The van der Waals surface area contributed by atoms with E-state index in [0.29, 0.717) is 22.5 Å². The van der Waals surface area contributed by atoms with Crippen LogP contribution in [0.25, 0.3) is 22.5 Å². The van der Waals surface area contributed by atoms with Crippen molar-refractivity contribution in [3.8, 4) is 28.3 Å². The minimum absolute atomic E-state index is 0.0984. The molecular formula is C25H21F3N6O2. The van der Waals surface area contributed by atoms with E-state index in [4.69, 9.17) is 5.73 Å². The molecule has 184 valence electrons. The molecule has 0 saturated heterocycles. The Morgan fingerprint density at radius 2 is 1.67 bits per heavy atom. The minimum atomic E-state index is -3.04. The fourth-order valence-corrected chi connectivity index (χ4v) is 3.60. The van der Waals surface area contributed by atoms with Crippen LogP contribution in [0.2, 0.25) is 0 Å². The number of benzene rings is 1. The fourth-order valence-electron chi connectivity index (χ4n) is 3.60. The number of aromatic nitrogens is 4. The highest BCUT2D eigenvalue weighted by atomic mass is 19.3. The highest BCUT2D eigenvalue weighted by molar-refractivity contribution is 5.98. The molecule has 4 rings (SSSR count). The Morgan fingerprint density at radius 3 is 2.33 bits per heavy atom. The van der Waals surface area contributed by atoms with Crippen molar-refractivity contribution in [3.05, 3.63) is 83.3 Å². The average molecular weight is 494 g/mol. The topological polar surface area (TPSA) is 116 Å². The van der Waals surface area contributed by atoms with E-state index in [1.807, 2.05) is 13.8 Å². The van der Waals surface area contributed by atoms with Crippen LogP contribution < -0.4 is 15.8 Å². The molecule has 3 aromatic heterocycles. The summed E-state index contributed by atoms with van der Waals surface area (Å²) < 4.78 is 43.3. The molecule has 0 aliphatic carbocycles. The molecule has 0 atom stereocenters. The summed E-state index contributed by atoms with van der Waals surface area (Å²) in [6.07, 6.45) is 1.39. The second kappa shape index (κ2) is 10.4. The molecule has 0 aliphatic rings. The lowest BCUT2D eigenvalue weighted by atomic mass is 10.0. The monoisotopic (exact) mass is 494 g/mol. The molecule has 1 aromatic carbocycles. The Morgan fingerprint density at radius 1 is 1.00 bits per heavy atom. The Balaban J connectivity index is 1.73. The summed E-state index contributed by atoms with van der Waals surface area (Å²) in [4.78, 5) is 30.3. The molecule has 0 aliphatic heterocycles. The highest BCUT2D eigenvalue weighted by Gasteiger charge is 2.21. The van der Waals surface area contributed by atoms with Crippen LogP contribution in [0.15, 0.2) is 54.7 Å². The zero-order valence-corrected chi connectivity index (χ0v) is 19.3. The van der Waals surface area contributed by atoms with Crippen molar-refractivity contribution in [1.29, 1.82) is 0 Å². The minimum Gasteiger partial charge on any atom is -0.433 e. The third-order valence-electron chi connectivity index (χ3n) is 5.09. The molecule has 1 amide bonds. The van der Waals surface area contributed by atoms with Gasteiger partial charge in [-0.25, -0.2) is 14.4 Å². The molecule has 3 heterocycles. The number of carbonyl (C=O) groups excluding carboxylic acids is 1. The van der Waals surface area contributed by atoms with Crippen LogP contribution in [-0.2, 0) is 6.54 Å². The molecular weight excluding hydrogens is 473 g/mol. The summed E-state index contributed by atoms with van der Waals surface area (Å²) >= 11 is 0. The number of hydrogen-bond acceptors (Lipinski definition) is 7. The van der Waals surface area contributed by atoms with E-state index in [0.717, 1.165) is 11.4 Å². The van der Waals surface area contributed by atoms with E-state index in [9.17, 15) is 18.0 Å². The van der Waals surface area contributed by atoms with Crippen molar-refractivity contribution in [1.82, 2.24) is 25.3 Å². The first-order valence-corrected chi connectivity index (χ1v) is 10.8. The maximum atomic E-state index is 13.5. The van der Waals surface area contributed by atoms with E-state index in [1.54, 1.807) is 12.1 Å². The summed E-state index contributed by atoms with van der Waals surface area (Å²) in [5.74, 6) is -1.44. The van der Waals surface area contributed by atoms with Gasteiger partial charge in [0.15, 0.2) is 11.5 Å². The van der Waals surface area contributed by atoms with E-state index in [1.165, 1.54) is 42.6 Å². The summed E-state index contributed by atoms with van der Waals surface area (Å²) in [6, 6.07) is 12.0. The number of anilines is 1. The zero-order chi connectivity index (χ0) is 25.8. The number of nitrogen functional groups attached to an aromatic ring is 1. The third kappa shape index (κ3) is 5.57. The van der Waals surface area contributed by atoms with Gasteiger partial charge in [0.1, 0.15) is 17.3 Å². The lowest BCUT2D eigenvalue weighted by Gasteiger charge is -2.14. The molecule has 0 radical (unpaired) electrons. The highest BCUT2D eigenvalue weighted by Crippen LogP contribution is 2.31. The van der Waals surface area contributed by atoms with Gasteiger partial charge >= 0.3 is 6.61 Å². The number of halogens is 3. The number of amides is 1. The van der Waals surface area contributed by atoms with Crippen molar-refractivity contribution < 1.29 is 22.7 Å². The SMILES string of the molecule is Cc1cc(-c2nc(C(=O)NCc3ncccc3OC(F)F)c(N)nc2-c2ccc(F)cc2)cc(C)n1. The van der Waals surface area contributed by atoms with Crippen LogP contribution in [-0.4, -0.2) is 32.5 Å². The number of nitrogens with zero attached hydrogens (tertiary/aromatic N) is 4. The summed E-state index contributed by atoms with van der Waals surface area (Å²) in [6.45, 7) is 0.376. The molecule has 0 saturated carbocycles. The number of pyridine rings is 2. The Labute approximate surface area is 204 Å². The van der Waals surface area contributed by atoms with Gasteiger partial charge in [-0.05, 0) is 62.4 Å². The van der Waals surface area contributed by atoms with Gasteiger partial charge in [0.05, 0.1) is 17.9 Å². The smallest absolute Gasteiger partial charge is 0.387 e. The number of nitrogens with two attached hydrogens (primary N) is 1. The predicted molar refractivity (Wildman–Crippen MR) is 127 cm³/mol. The first kappa shape index (κ1) is 24.6. The number of ether oxygens (including phenoxy) is 1. The van der Waals surface area contributed by atoms with E-state index >= 15 is 0 Å². The van der Waals surface area contributed by atoms with Crippen molar-refractivity contribution in [2.24, 2.45) is 0 Å². The summed E-state index contributed by atoms with van der Waals surface area (Å²) in [7, 11) is 0. The van der Waals surface area contributed by atoms with Crippen LogP contribution >= 0.6 is 0 Å². The summed E-state index contributed by atoms with van der Waals surface area (Å²) in [5, 5.41) is 2.57. The van der Waals surface area contributed by atoms with Crippen LogP contribution in [0.1, 0.15) is 27.6 Å². The molecule has 0 unspecified atom stereocenters. The first-order valence-electron chi connectivity index (χ1n) is 10.8. The number of alkyl halides is 2. The second-order valence-corrected chi connectivity index (χ2v) is 7.81. The van der Waals surface area contributed by atoms with Gasteiger partial charge in [-0.2, -0.15) is 8.78 Å². The van der Waals surface area contributed by atoms with E-state index < -0.39 is 18.3 Å². The van der Waals surface area contributed by atoms with Crippen molar-refractivity contribution >= 4 is 11.7 Å². The van der Waals surface area contributed by atoms with E-state index in [2.05, 4.69) is 30.0 Å². The van der Waals surface area contributed by atoms with E-state index in [-0.39, 0.29) is 29.5 Å². The predicted octanol–water partition coefficient (Wildman–Crippen LogP) is 4.47. The van der Waals surface area contributed by atoms with Gasteiger partial charge in [0, 0.05) is 28.7 Å². The first-order chi connectivity index (χ1) is 17.2. The van der Waals surface area contributed by atoms with Gasteiger partial charge in [-0.3, -0.25) is 14.8 Å². The Kier molecular flexibility index (Phi) is 7.09. The maximum Gasteiger partial charge on any atom is 0.387 e. The van der Waals surface area contributed by atoms with Gasteiger partial charge in [-0.1, -0.05) is 0 Å². The van der Waals surface area contributed by atoms with Gasteiger partial charge < -0.3 is 15.8 Å². The van der Waals surface area contributed by atoms with Crippen LogP contribution in [0.3, 0.4) is 0 Å². The quantitative estimate of drug-likeness (QED) is 0.389. The van der Waals surface area contributed by atoms with Gasteiger partial charge in [0.25, 0.3) is 5.91 Å². The molecule has 0 fully saturated rings. The normalized spacial score (nSPS) is 10.9. The van der Waals surface area contributed by atoms with Gasteiger partial charge in [0.2, 0.25) is 0 Å². The number of rotatable bonds is 7. The summed E-state index contributed by atoms with van der Waals surface area (Å²) in [5.41, 5.74) is 9.36. The number of aryl methyl sites for hydroxylation is 2. The number of nitrogens with one attached hydrogen (secondary N) is 1. The Bertz CT molecular complexity index is 1390. The zero-order valence-electron chi connectivity index (χ0n) is 19.3. The lowest BCUT2D eigenvalue weighted by Crippen LogP contribution is -2.26. The number of carbonyl (C=O) groups is 1. The van der Waals surface area contributed by atoms with Crippen molar-refractivity contribution in [2.45, 2.75) is 27.0 Å². The lowest BCUT2D eigenvalue weighted by molar-refractivity contribution is -0.0507. The van der Waals surface area contributed by atoms with Crippen LogP contribution in [0, 0.1) is 19.7 Å². The second-order valence-electron chi connectivity index (χ2n) is 7.81. The average Bonchev–Trinajstić information content (AvgIpc) is 2.82. The third-order valence-corrected chi connectivity index (χ3v) is 5.09. The van der Waals surface area contributed by atoms with Crippen molar-refractivity contribution in [2.75, 3.05) is 5.73 Å². The molecule has 0 bridgehead atoms. The molecule has 36 heavy (non-hydrogen) atoms. The fraction of sp³-hybridized carbons (Fsp3) is 0.160. The van der Waals surface area contributed by atoms with Crippen LogP contribution in [0.4, 0.5) is 19.0 Å².